The maximum atomic E-state index is 6.31. The summed E-state index contributed by atoms with van der Waals surface area (Å²) in [6.45, 7) is 7.39. The fourth-order valence-electron chi connectivity index (χ4n) is 3.96. The van der Waals surface area contributed by atoms with Crippen molar-refractivity contribution >= 4 is 0 Å². The van der Waals surface area contributed by atoms with Crippen molar-refractivity contribution in [3.8, 4) is 0 Å². The first-order chi connectivity index (χ1) is 10.1. The number of hydrogen-bond acceptors (Lipinski definition) is 2. The normalized spacial score (nSPS) is 19.4. The Hall–Kier alpha value is -0.860. The molecule has 21 heavy (non-hydrogen) atoms. The van der Waals surface area contributed by atoms with Crippen LogP contribution in [0.1, 0.15) is 55.7 Å². The maximum Gasteiger partial charge on any atom is 0.0837 e. The molecule has 1 aromatic rings. The van der Waals surface area contributed by atoms with E-state index in [1.165, 1.54) is 48.8 Å². The third-order valence-electron chi connectivity index (χ3n) is 5.17. The second-order valence-corrected chi connectivity index (χ2v) is 6.47. The van der Waals surface area contributed by atoms with E-state index in [0.717, 1.165) is 13.0 Å². The fourth-order valence-corrected chi connectivity index (χ4v) is 3.96. The zero-order valence-electron chi connectivity index (χ0n) is 14.2. The Morgan fingerprint density at radius 2 is 1.76 bits per heavy atom. The highest BCUT2D eigenvalue weighted by atomic mass is 16.5. The van der Waals surface area contributed by atoms with Crippen molar-refractivity contribution in [3.63, 3.8) is 0 Å². The van der Waals surface area contributed by atoms with Gasteiger partial charge in [-0.3, -0.25) is 0 Å². The van der Waals surface area contributed by atoms with Gasteiger partial charge in [0.1, 0.15) is 0 Å². The molecule has 1 unspecified atom stereocenters. The molecule has 2 heteroatoms. The van der Waals surface area contributed by atoms with Crippen molar-refractivity contribution in [2.45, 2.75) is 70.9 Å². The summed E-state index contributed by atoms with van der Waals surface area (Å²) in [7, 11) is 2.09. The molecular weight excluding hydrogens is 258 g/mol. The largest absolute Gasteiger partial charge is 0.374 e. The zero-order chi connectivity index (χ0) is 15.3. The zero-order valence-corrected chi connectivity index (χ0v) is 14.2. The topological polar surface area (TPSA) is 21.3 Å². The molecule has 1 atom stereocenters. The minimum Gasteiger partial charge on any atom is -0.374 e. The summed E-state index contributed by atoms with van der Waals surface area (Å²) >= 11 is 0. The minimum atomic E-state index is 0.0243. The van der Waals surface area contributed by atoms with Gasteiger partial charge in [0.05, 0.1) is 5.60 Å². The first-order valence-corrected chi connectivity index (χ1v) is 8.49. The molecule has 0 aliphatic heterocycles. The van der Waals surface area contributed by atoms with Crippen LogP contribution in [0.4, 0.5) is 0 Å². The van der Waals surface area contributed by atoms with Gasteiger partial charge in [-0.15, -0.1) is 0 Å². The molecule has 0 aromatic heterocycles. The molecule has 118 valence electrons. The number of rotatable bonds is 6. The Morgan fingerprint density at radius 3 is 2.29 bits per heavy atom. The summed E-state index contributed by atoms with van der Waals surface area (Å²) in [6.07, 6.45) is 7.40. The predicted molar refractivity (Wildman–Crippen MR) is 89.9 cm³/mol. The van der Waals surface area contributed by atoms with E-state index in [-0.39, 0.29) is 5.60 Å². The monoisotopic (exact) mass is 289 g/mol. The number of aryl methyl sites for hydroxylation is 2. The Morgan fingerprint density at radius 1 is 1.14 bits per heavy atom. The highest BCUT2D eigenvalue weighted by Crippen LogP contribution is 2.36. The van der Waals surface area contributed by atoms with E-state index in [1.54, 1.807) is 0 Å². The number of likely N-dealkylation sites (N-methyl/N-ethyl adjacent to an activating group) is 1. The van der Waals surface area contributed by atoms with Gasteiger partial charge in [0.2, 0.25) is 0 Å². The summed E-state index contributed by atoms with van der Waals surface area (Å²) in [5, 5.41) is 3.58. The van der Waals surface area contributed by atoms with Crippen molar-refractivity contribution in [3.05, 3.63) is 34.9 Å². The lowest BCUT2D eigenvalue weighted by atomic mass is 9.76. The fraction of sp³-hybridized carbons (Fsp3) is 0.684. The second-order valence-electron chi connectivity index (χ2n) is 6.47. The molecule has 0 radical (unpaired) electrons. The molecule has 0 heterocycles. The molecule has 0 saturated heterocycles. The lowest BCUT2D eigenvalue weighted by molar-refractivity contribution is -0.0884. The summed E-state index contributed by atoms with van der Waals surface area (Å²) in [4.78, 5) is 0. The van der Waals surface area contributed by atoms with E-state index in [1.807, 2.05) is 0 Å². The number of nitrogens with one attached hydrogen (secondary N) is 1. The van der Waals surface area contributed by atoms with Crippen LogP contribution in [0.2, 0.25) is 0 Å². The van der Waals surface area contributed by atoms with E-state index < -0.39 is 0 Å². The van der Waals surface area contributed by atoms with E-state index in [0.29, 0.717) is 6.04 Å². The minimum absolute atomic E-state index is 0.0243. The molecule has 1 fully saturated rings. The Labute approximate surface area is 130 Å². The van der Waals surface area contributed by atoms with Crippen molar-refractivity contribution in [1.82, 2.24) is 5.32 Å². The second kappa shape index (κ2) is 7.42. The summed E-state index contributed by atoms with van der Waals surface area (Å²) in [5.41, 5.74) is 4.31. The quantitative estimate of drug-likeness (QED) is 0.848. The molecule has 0 spiro atoms. The average Bonchev–Trinajstić information content (AvgIpc) is 2.48. The average molecular weight is 289 g/mol. The molecule has 1 N–H and O–H groups in total. The number of benzene rings is 1. The standard InChI is InChI=1S/C19H31NO/c1-5-21-19(12-7-6-8-13-19)18(20-4)14-17-15(2)10-9-11-16(17)3/h9-11,18,20H,5-8,12-14H2,1-4H3. The SMILES string of the molecule is CCOC1(C(Cc2c(C)cccc2C)NC)CCCCC1. The van der Waals surface area contributed by atoms with Gasteiger partial charge < -0.3 is 10.1 Å². The molecule has 1 aliphatic carbocycles. The molecule has 1 aliphatic rings. The van der Waals surface area contributed by atoms with Gasteiger partial charge in [0.15, 0.2) is 0 Å². The van der Waals surface area contributed by atoms with E-state index in [4.69, 9.17) is 4.74 Å². The van der Waals surface area contributed by atoms with Crippen LogP contribution >= 0.6 is 0 Å². The van der Waals surface area contributed by atoms with Crippen LogP contribution in [0.25, 0.3) is 0 Å². The number of ether oxygens (including phenoxy) is 1. The van der Waals surface area contributed by atoms with Crippen LogP contribution in [0.5, 0.6) is 0 Å². The highest BCUT2D eigenvalue weighted by molar-refractivity contribution is 5.34. The van der Waals surface area contributed by atoms with Gasteiger partial charge in [0, 0.05) is 12.6 Å². The Balaban J connectivity index is 2.24. The predicted octanol–water partition coefficient (Wildman–Crippen LogP) is 4.17. The van der Waals surface area contributed by atoms with Crippen LogP contribution in [0.15, 0.2) is 18.2 Å². The first-order valence-electron chi connectivity index (χ1n) is 8.49. The molecule has 2 nitrogen and oxygen atoms in total. The van der Waals surface area contributed by atoms with Crippen LogP contribution in [0, 0.1) is 13.8 Å². The van der Waals surface area contributed by atoms with Gasteiger partial charge in [-0.25, -0.2) is 0 Å². The van der Waals surface area contributed by atoms with E-state index >= 15 is 0 Å². The lowest BCUT2D eigenvalue weighted by Gasteiger charge is -2.43. The molecule has 1 aromatic carbocycles. The third-order valence-corrected chi connectivity index (χ3v) is 5.17. The van der Waals surface area contributed by atoms with E-state index in [2.05, 4.69) is 51.3 Å². The van der Waals surface area contributed by atoms with Crippen molar-refractivity contribution in [2.24, 2.45) is 0 Å². The smallest absolute Gasteiger partial charge is 0.0837 e. The Kier molecular flexibility index (Phi) is 5.83. The van der Waals surface area contributed by atoms with Crippen molar-refractivity contribution in [2.75, 3.05) is 13.7 Å². The van der Waals surface area contributed by atoms with Crippen LogP contribution in [-0.4, -0.2) is 25.3 Å². The van der Waals surface area contributed by atoms with Crippen molar-refractivity contribution in [1.29, 1.82) is 0 Å². The third kappa shape index (κ3) is 3.67. The first kappa shape index (κ1) is 16.5. The van der Waals surface area contributed by atoms with Gasteiger partial charge in [-0.1, -0.05) is 37.5 Å². The van der Waals surface area contributed by atoms with Crippen molar-refractivity contribution < 1.29 is 4.74 Å². The summed E-state index contributed by atoms with van der Waals surface area (Å²) < 4.78 is 6.31. The summed E-state index contributed by atoms with van der Waals surface area (Å²) in [6, 6.07) is 7.01. The van der Waals surface area contributed by atoms with Gasteiger partial charge >= 0.3 is 0 Å². The van der Waals surface area contributed by atoms with Gasteiger partial charge in [-0.05, 0) is 63.8 Å². The lowest BCUT2D eigenvalue weighted by Crippen LogP contribution is -2.54. The Bertz CT molecular complexity index is 423. The van der Waals surface area contributed by atoms with Gasteiger partial charge in [0.25, 0.3) is 0 Å². The van der Waals surface area contributed by atoms with Gasteiger partial charge in [-0.2, -0.15) is 0 Å². The molecule has 1 saturated carbocycles. The molecule has 0 bridgehead atoms. The van der Waals surface area contributed by atoms with Crippen LogP contribution in [-0.2, 0) is 11.2 Å². The maximum absolute atomic E-state index is 6.31. The highest BCUT2D eigenvalue weighted by Gasteiger charge is 2.40. The number of hydrogen-bond donors (Lipinski definition) is 1. The van der Waals surface area contributed by atoms with E-state index in [9.17, 15) is 0 Å². The van der Waals surface area contributed by atoms with Crippen LogP contribution in [0.3, 0.4) is 0 Å². The molecular formula is C19H31NO. The molecule has 0 amide bonds. The van der Waals surface area contributed by atoms with Crippen LogP contribution < -0.4 is 5.32 Å². The summed E-state index contributed by atoms with van der Waals surface area (Å²) in [5.74, 6) is 0. The molecule has 2 rings (SSSR count).